The molecule has 4 rings (SSSR count). The van der Waals surface area contributed by atoms with Gasteiger partial charge in [-0.3, -0.25) is 0 Å². The lowest BCUT2D eigenvalue weighted by Crippen LogP contribution is -2.38. The minimum Gasteiger partial charge on any atom is -0.387 e. The molecule has 7 nitrogen and oxygen atoms in total. The Labute approximate surface area is 245 Å². The Morgan fingerprint density at radius 2 is 1.59 bits per heavy atom. The van der Waals surface area contributed by atoms with E-state index in [0.29, 0.717) is 24.3 Å². The molecule has 41 heavy (non-hydrogen) atoms. The fourth-order valence-electron chi connectivity index (χ4n) is 4.05. The lowest BCUT2D eigenvalue weighted by atomic mass is 9.86. The van der Waals surface area contributed by atoms with E-state index in [0.717, 1.165) is 27.7 Å². The lowest BCUT2D eigenvalue weighted by Gasteiger charge is -2.31. The first-order chi connectivity index (χ1) is 19.1. The number of rotatable bonds is 4. The Bertz CT molecular complexity index is 1580. The van der Waals surface area contributed by atoms with Crippen molar-refractivity contribution in [3.05, 3.63) is 100 Å². The molecule has 0 radical (unpaired) electrons. The maximum absolute atomic E-state index is 13.3. The number of hydrogen-bond donors (Lipinski definition) is 1. The standard InChI is InChI=1S/C29H29BrF3N5O2S/c1-28(2,3)26(34)35-27(37-41(39,40)23-15-11-21(12-16-23)29(31,32)33)38-18-17-24(19-7-5-4-6-8-19)25(36-38)20-9-13-22(30)14-10-20/h4-16,24H,17-18H2,1-3H3,(H2,34,35,37). The summed E-state index contributed by atoms with van der Waals surface area (Å²) < 4.78 is 70.5. The van der Waals surface area contributed by atoms with Crippen LogP contribution in [0.3, 0.4) is 0 Å². The number of nitrogens with two attached hydrogens (primary N) is 1. The van der Waals surface area contributed by atoms with Crippen LogP contribution >= 0.6 is 15.9 Å². The molecule has 3 aromatic rings. The number of nitrogens with zero attached hydrogens (tertiary/aromatic N) is 4. The summed E-state index contributed by atoms with van der Waals surface area (Å²) in [5.41, 5.74) is 7.19. The molecule has 1 atom stereocenters. The van der Waals surface area contributed by atoms with E-state index in [4.69, 9.17) is 10.8 Å². The van der Waals surface area contributed by atoms with Crippen LogP contribution in [0.5, 0.6) is 0 Å². The minimum absolute atomic E-state index is 0.0923. The van der Waals surface area contributed by atoms with E-state index in [2.05, 4.69) is 25.3 Å². The first-order valence-corrected chi connectivity index (χ1v) is 14.9. The van der Waals surface area contributed by atoms with Crippen molar-refractivity contribution in [2.45, 2.75) is 44.2 Å². The topological polar surface area (TPSA) is 100 Å². The van der Waals surface area contributed by atoms with Crippen molar-refractivity contribution in [2.75, 3.05) is 6.54 Å². The monoisotopic (exact) mass is 647 g/mol. The number of hydrazone groups is 1. The van der Waals surface area contributed by atoms with Gasteiger partial charge in [0.15, 0.2) is 0 Å². The predicted octanol–water partition coefficient (Wildman–Crippen LogP) is 6.81. The molecule has 1 aliphatic heterocycles. The number of halogens is 4. The zero-order valence-corrected chi connectivity index (χ0v) is 25.0. The summed E-state index contributed by atoms with van der Waals surface area (Å²) in [6.45, 7) is 5.70. The molecule has 0 bridgehead atoms. The largest absolute Gasteiger partial charge is 0.416 e. The van der Waals surface area contributed by atoms with Crippen LogP contribution in [0.15, 0.2) is 103 Å². The third-order valence-corrected chi connectivity index (χ3v) is 8.23. The molecule has 0 aromatic heterocycles. The summed E-state index contributed by atoms with van der Waals surface area (Å²) in [6.07, 6.45) is -4.05. The van der Waals surface area contributed by atoms with Crippen molar-refractivity contribution in [3.8, 4) is 0 Å². The molecular formula is C29H29BrF3N5O2S. The fraction of sp³-hybridized carbons (Fsp3) is 0.276. The van der Waals surface area contributed by atoms with Crippen molar-refractivity contribution in [3.63, 3.8) is 0 Å². The summed E-state index contributed by atoms with van der Waals surface area (Å²) in [7, 11) is -4.47. The second-order valence-corrected chi connectivity index (χ2v) is 13.0. The van der Waals surface area contributed by atoms with Gasteiger partial charge in [0, 0.05) is 22.4 Å². The fourth-order valence-corrected chi connectivity index (χ4v) is 5.25. The lowest BCUT2D eigenvalue weighted by molar-refractivity contribution is -0.137. The Balaban J connectivity index is 1.84. The van der Waals surface area contributed by atoms with E-state index in [1.54, 1.807) is 0 Å². The van der Waals surface area contributed by atoms with Crippen LogP contribution in [0.25, 0.3) is 0 Å². The van der Waals surface area contributed by atoms with Gasteiger partial charge in [-0.25, -0.2) is 5.01 Å². The smallest absolute Gasteiger partial charge is 0.387 e. The molecule has 216 valence electrons. The molecule has 1 aliphatic rings. The summed E-state index contributed by atoms with van der Waals surface area (Å²) in [4.78, 5) is 3.96. The van der Waals surface area contributed by atoms with Crippen LogP contribution in [0.1, 0.15) is 49.8 Å². The highest BCUT2D eigenvalue weighted by Crippen LogP contribution is 2.32. The Morgan fingerprint density at radius 3 is 2.15 bits per heavy atom. The molecule has 0 amide bonds. The molecule has 0 fully saturated rings. The second-order valence-electron chi connectivity index (χ2n) is 10.5. The van der Waals surface area contributed by atoms with E-state index in [-0.39, 0.29) is 24.3 Å². The Hall–Kier alpha value is -3.51. The van der Waals surface area contributed by atoms with Gasteiger partial charge in [0.25, 0.3) is 16.0 Å². The van der Waals surface area contributed by atoms with Crippen LogP contribution in [0.4, 0.5) is 13.2 Å². The number of hydrogen-bond acceptors (Lipinski definition) is 3. The molecule has 2 N–H and O–H groups in total. The van der Waals surface area contributed by atoms with Gasteiger partial charge in [-0.1, -0.05) is 79.2 Å². The number of amidine groups is 1. The van der Waals surface area contributed by atoms with Gasteiger partial charge in [0.2, 0.25) is 0 Å². The van der Waals surface area contributed by atoms with E-state index < -0.39 is 32.1 Å². The minimum atomic E-state index is -4.61. The van der Waals surface area contributed by atoms with Gasteiger partial charge >= 0.3 is 6.18 Å². The third-order valence-electron chi connectivity index (χ3n) is 6.43. The zero-order chi connectivity index (χ0) is 30.0. The molecule has 1 heterocycles. The van der Waals surface area contributed by atoms with Gasteiger partial charge in [0.1, 0.15) is 5.84 Å². The molecular weight excluding hydrogens is 619 g/mol. The first-order valence-electron chi connectivity index (χ1n) is 12.7. The molecule has 0 spiro atoms. The number of benzene rings is 3. The number of sulfonamides is 1. The predicted molar refractivity (Wildman–Crippen MR) is 158 cm³/mol. The van der Waals surface area contributed by atoms with Crippen molar-refractivity contribution in [2.24, 2.45) is 25.6 Å². The van der Waals surface area contributed by atoms with Crippen LogP contribution in [0.2, 0.25) is 0 Å². The average Bonchev–Trinajstić information content (AvgIpc) is 2.92. The van der Waals surface area contributed by atoms with Crippen molar-refractivity contribution in [1.29, 1.82) is 0 Å². The Kier molecular flexibility index (Phi) is 8.74. The zero-order valence-electron chi connectivity index (χ0n) is 22.6. The van der Waals surface area contributed by atoms with Crippen LogP contribution in [0, 0.1) is 5.41 Å². The van der Waals surface area contributed by atoms with E-state index in [9.17, 15) is 21.6 Å². The highest BCUT2D eigenvalue weighted by Gasteiger charge is 2.32. The molecule has 12 heteroatoms. The van der Waals surface area contributed by atoms with Gasteiger partial charge in [-0.2, -0.15) is 31.7 Å². The van der Waals surface area contributed by atoms with Gasteiger partial charge in [-0.15, -0.1) is 4.40 Å². The van der Waals surface area contributed by atoms with Crippen molar-refractivity contribution in [1.82, 2.24) is 5.01 Å². The quantitative estimate of drug-likeness (QED) is 0.248. The van der Waals surface area contributed by atoms with E-state index >= 15 is 0 Å². The molecule has 3 aromatic carbocycles. The molecule has 1 unspecified atom stereocenters. The van der Waals surface area contributed by atoms with Gasteiger partial charge < -0.3 is 5.73 Å². The molecule has 0 aliphatic carbocycles. The summed E-state index contributed by atoms with van der Waals surface area (Å²) in [5, 5.41) is 6.21. The van der Waals surface area contributed by atoms with Crippen LogP contribution in [-0.4, -0.2) is 37.5 Å². The third kappa shape index (κ3) is 7.42. The molecule has 0 saturated heterocycles. The van der Waals surface area contributed by atoms with Gasteiger partial charge in [-0.05, 0) is 53.9 Å². The summed E-state index contributed by atoms with van der Waals surface area (Å²) in [6, 6.07) is 20.6. The Morgan fingerprint density at radius 1 is 0.976 bits per heavy atom. The normalized spacial score (nSPS) is 17.4. The van der Waals surface area contributed by atoms with Crippen LogP contribution < -0.4 is 5.73 Å². The SMILES string of the molecule is CC(C)(C)C(N)=NC(=NS(=O)(=O)c1ccc(C(F)(F)F)cc1)N1CCC(c2ccccc2)C(c2ccc(Br)cc2)=N1. The van der Waals surface area contributed by atoms with Crippen LogP contribution in [-0.2, 0) is 16.2 Å². The maximum atomic E-state index is 13.3. The highest BCUT2D eigenvalue weighted by molar-refractivity contribution is 9.10. The molecule has 0 saturated carbocycles. The van der Waals surface area contributed by atoms with E-state index in [1.165, 1.54) is 5.01 Å². The van der Waals surface area contributed by atoms with Gasteiger partial charge in [0.05, 0.1) is 16.2 Å². The summed E-state index contributed by atoms with van der Waals surface area (Å²) >= 11 is 3.45. The second kappa shape index (κ2) is 11.8. The van der Waals surface area contributed by atoms with Crippen molar-refractivity contribution < 1.29 is 21.6 Å². The first kappa shape index (κ1) is 30.4. The van der Waals surface area contributed by atoms with Crippen molar-refractivity contribution >= 4 is 43.5 Å². The summed E-state index contributed by atoms with van der Waals surface area (Å²) in [5.74, 6) is -0.256. The number of alkyl halides is 3. The van der Waals surface area contributed by atoms with E-state index in [1.807, 2.05) is 75.4 Å². The number of aliphatic imine (C=N–C) groups is 1. The maximum Gasteiger partial charge on any atom is 0.416 e. The number of guanidine groups is 1. The average molecular weight is 649 g/mol. The highest BCUT2D eigenvalue weighted by atomic mass is 79.9.